The molecule has 4 aromatic rings. The molecule has 0 aliphatic carbocycles. The topological polar surface area (TPSA) is 92.7 Å². The van der Waals surface area contributed by atoms with E-state index in [9.17, 15) is 4.79 Å². The van der Waals surface area contributed by atoms with E-state index in [2.05, 4.69) is 25.6 Å². The Morgan fingerprint density at radius 1 is 1.00 bits per heavy atom. The van der Waals surface area contributed by atoms with Crippen LogP contribution in [0, 0.1) is 0 Å². The number of carbonyl (C=O) groups is 1. The summed E-state index contributed by atoms with van der Waals surface area (Å²) in [5, 5.41) is 6.96. The average Bonchev–Trinajstić information content (AvgIpc) is 3.25. The smallest absolute Gasteiger partial charge is 0.217 e. The summed E-state index contributed by atoms with van der Waals surface area (Å²) in [6, 6.07) is 13.5. The largest absolute Gasteiger partial charge is 0.347 e. The Morgan fingerprint density at radius 2 is 1.80 bits per heavy atom. The van der Waals surface area contributed by atoms with E-state index < -0.39 is 0 Å². The van der Waals surface area contributed by atoms with Gasteiger partial charge in [0.15, 0.2) is 0 Å². The van der Waals surface area contributed by atoms with Gasteiger partial charge in [-0.3, -0.25) is 9.78 Å². The summed E-state index contributed by atoms with van der Waals surface area (Å²) in [5.41, 5.74) is 2.93. The first-order valence-electron chi connectivity index (χ1n) is 9.42. The molecule has 0 aromatic carbocycles. The fraction of sp³-hybridized carbons (Fsp3) is 0.136. The molecule has 0 saturated heterocycles. The van der Waals surface area contributed by atoms with Gasteiger partial charge < -0.3 is 10.6 Å². The molecule has 150 valence electrons. The predicted molar refractivity (Wildman–Crippen MR) is 118 cm³/mol. The molecule has 8 heteroatoms. The lowest BCUT2D eigenvalue weighted by molar-refractivity contribution is -0.119. The van der Waals surface area contributed by atoms with Crippen molar-refractivity contribution in [1.29, 1.82) is 0 Å². The van der Waals surface area contributed by atoms with Crippen LogP contribution in [0.4, 0.5) is 11.6 Å². The number of thiazole rings is 1. The van der Waals surface area contributed by atoms with E-state index in [-0.39, 0.29) is 11.9 Å². The van der Waals surface area contributed by atoms with Crippen LogP contribution < -0.4 is 10.6 Å². The van der Waals surface area contributed by atoms with Gasteiger partial charge in [-0.1, -0.05) is 6.07 Å². The summed E-state index contributed by atoms with van der Waals surface area (Å²) >= 11 is 1.51. The monoisotopic (exact) mass is 416 g/mol. The van der Waals surface area contributed by atoms with Crippen LogP contribution in [0.15, 0.2) is 67.3 Å². The molecule has 2 N–H and O–H groups in total. The van der Waals surface area contributed by atoms with Crippen molar-refractivity contribution < 1.29 is 4.79 Å². The van der Waals surface area contributed by atoms with Crippen molar-refractivity contribution in [2.24, 2.45) is 0 Å². The van der Waals surface area contributed by atoms with E-state index in [1.54, 1.807) is 24.8 Å². The van der Waals surface area contributed by atoms with Gasteiger partial charge in [-0.15, -0.1) is 11.3 Å². The number of rotatable bonds is 6. The number of anilines is 2. The van der Waals surface area contributed by atoms with E-state index >= 15 is 0 Å². The number of hydrogen-bond donors (Lipinski definition) is 2. The number of carbonyl (C=O) groups excluding carboxylic acids is 1. The highest BCUT2D eigenvalue weighted by Gasteiger charge is 2.13. The summed E-state index contributed by atoms with van der Waals surface area (Å²) in [7, 11) is 0. The molecule has 1 atom stereocenters. The van der Waals surface area contributed by atoms with E-state index in [4.69, 9.17) is 4.98 Å². The zero-order valence-corrected chi connectivity index (χ0v) is 17.4. The lowest BCUT2D eigenvalue weighted by atomic mass is 10.1. The second kappa shape index (κ2) is 8.79. The first-order chi connectivity index (χ1) is 14.6. The van der Waals surface area contributed by atoms with Crippen LogP contribution in [0.3, 0.4) is 0 Å². The molecule has 1 unspecified atom stereocenters. The fourth-order valence-corrected chi connectivity index (χ4v) is 3.86. The lowest BCUT2D eigenvalue weighted by Gasteiger charge is -2.09. The standard InChI is InChI=1S/C22H20N6OS/c1-14(26-15(2)29)22-25-13-19(30-22)18-4-3-5-20(27-18)28-21-12-17(8-11-24-21)16-6-9-23-10-7-16/h3-14H,1-2H3,(H,26,29)(H,24,27,28). The SMILES string of the molecule is CC(=O)NC(C)c1ncc(-c2cccc(Nc3cc(-c4ccncc4)ccn3)n2)s1. The van der Waals surface area contributed by atoms with Crippen LogP contribution >= 0.6 is 11.3 Å². The predicted octanol–water partition coefficient (Wildman–Crippen LogP) is 4.60. The maximum atomic E-state index is 11.3. The molecule has 0 radical (unpaired) electrons. The van der Waals surface area contributed by atoms with Crippen molar-refractivity contribution in [3.05, 3.63) is 72.3 Å². The minimum atomic E-state index is -0.136. The molecule has 0 aliphatic heterocycles. The zero-order chi connectivity index (χ0) is 20.9. The average molecular weight is 417 g/mol. The van der Waals surface area contributed by atoms with E-state index in [1.165, 1.54) is 18.3 Å². The van der Waals surface area contributed by atoms with E-state index in [1.807, 2.05) is 49.4 Å². The fourth-order valence-electron chi connectivity index (χ4n) is 2.97. The zero-order valence-electron chi connectivity index (χ0n) is 16.5. The van der Waals surface area contributed by atoms with Crippen LogP contribution in [-0.2, 0) is 4.79 Å². The Bertz CT molecular complexity index is 1160. The molecule has 1 amide bonds. The molecule has 7 nitrogen and oxygen atoms in total. The molecular weight excluding hydrogens is 396 g/mol. The molecule has 4 rings (SSSR count). The number of aromatic nitrogens is 4. The molecular formula is C22H20N6OS. The first-order valence-corrected chi connectivity index (χ1v) is 10.2. The molecule has 4 heterocycles. The molecule has 0 saturated carbocycles. The molecule has 4 aromatic heterocycles. The first kappa shape index (κ1) is 19.7. The molecule has 0 spiro atoms. The second-order valence-corrected chi connectivity index (χ2v) is 7.75. The quantitative estimate of drug-likeness (QED) is 0.477. The highest BCUT2D eigenvalue weighted by Crippen LogP contribution is 2.29. The van der Waals surface area contributed by atoms with Gasteiger partial charge in [-0.25, -0.2) is 15.0 Å². The Hall–Kier alpha value is -3.65. The Kier molecular flexibility index (Phi) is 5.76. The van der Waals surface area contributed by atoms with Crippen LogP contribution in [0.25, 0.3) is 21.7 Å². The number of nitrogens with zero attached hydrogens (tertiary/aromatic N) is 4. The highest BCUT2D eigenvalue weighted by molar-refractivity contribution is 7.15. The van der Waals surface area contributed by atoms with Crippen LogP contribution in [0.5, 0.6) is 0 Å². The van der Waals surface area contributed by atoms with E-state index in [0.29, 0.717) is 11.6 Å². The molecule has 0 aliphatic rings. The number of nitrogens with one attached hydrogen (secondary N) is 2. The Labute approximate surface area is 178 Å². The van der Waals surface area contributed by atoms with Gasteiger partial charge >= 0.3 is 0 Å². The summed E-state index contributed by atoms with van der Waals surface area (Å²) in [6.07, 6.45) is 7.08. The van der Waals surface area contributed by atoms with Crippen LogP contribution in [0.2, 0.25) is 0 Å². The molecule has 30 heavy (non-hydrogen) atoms. The normalized spacial score (nSPS) is 11.7. The van der Waals surface area contributed by atoms with Gasteiger partial charge in [0.05, 0.1) is 16.6 Å². The molecule has 0 bridgehead atoms. The van der Waals surface area contributed by atoms with Gasteiger partial charge in [0.25, 0.3) is 0 Å². The maximum absolute atomic E-state index is 11.3. The Morgan fingerprint density at radius 3 is 2.60 bits per heavy atom. The van der Waals surface area contributed by atoms with Crippen molar-refractivity contribution in [3.63, 3.8) is 0 Å². The van der Waals surface area contributed by atoms with Gasteiger partial charge in [0.2, 0.25) is 5.91 Å². The van der Waals surface area contributed by atoms with Crippen molar-refractivity contribution >= 4 is 28.9 Å². The Balaban J connectivity index is 1.54. The van der Waals surface area contributed by atoms with Gasteiger partial charge in [0.1, 0.15) is 16.6 Å². The van der Waals surface area contributed by atoms with Gasteiger partial charge in [0, 0.05) is 31.7 Å². The number of hydrogen-bond acceptors (Lipinski definition) is 7. The van der Waals surface area contributed by atoms with Crippen molar-refractivity contribution in [2.45, 2.75) is 19.9 Å². The third kappa shape index (κ3) is 4.66. The summed E-state index contributed by atoms with van der Waals surface area (Å²) < 4.78 is 0. The summed E-state index contributed by atoms with van der Waals surface area (Å²) in [4.78, 5) is 29.8. The number of pyridine rings is 3. The van der Waals surface area contributed by atoms with Crippen molar-refractivity contribution in [1.82, 2.24) is 25.3 Å². The number of amides is 1. The molecule has 0 fully saturated rings. The lowest BCUT2D eigenvalue weighted by Crippen LogP contribution is -2.23. The van der Waals surface area contributed by atoms with Crippen LogP contribution in [-0.4, -0.2) is 25.8 Å². The van der Waals surface area contributed by atoms with Crippen molar-refractivity contribution in [3.8, 4) is 21.7 Å². The van der Waals surface area contributed by atoms with Crippen molar-refractivity contribution in [2.75, 3.05) is 5.32 Å². The maximum Gasteiger partial charge on any atom is 0.217 e. The third-order valence-corrected chi connectivity index (χ3v) is 5.55. The third-order valence-electron chi connectivity index (χ3n) is 4.35. The minimum Gasteiger partial charge on any atom is -0.347 e. The van der Waals surface area contributed by atoms with Gasteiger partial charge in [-0.05, 0) is 54.4 Å². The van der Waals surface area contributed by atoms with Gasteiger partial charge in [-0.2, -0.15) is 0 Å². The summed E-state index contributed by atoms with van der Waals surface area (Å²) in [5.74, 6) is 1.32. The van der Waals surface area contributed by atoms with Crippen LogP contribution in [0.1, 0.15) is 24.9 Å². The second-order valence-electron chi connectivity index (χ2n) is 6.68. The summed E-state index contributed by atoms with van der Waals surface area (Å²) in [6.45, 7) is 3.41. The van der Waals surface area contributed by atoms with E-state index in [0.717, 1.165) is 26.7 Å². The minimum absolute atomic E-state index is 0.0786. The highest BCUT2D eigenvalue weighted by atomic mass is 32.1.